The molecule has 4 aromatic heterocycles. The minimum absolute atomic E-state index is 0. The minimum Gasteiger partial charge on any atom is -0.412 e. The monoisotopic (exact) mass is 730 g/mol. The molecule has 0 unspecified atom stereocenters. The molecule has 8 aromatic rings. The van der Waals surface area contributed by atoms with Crippen LogP contribution in [0.3, 0.4) is 0 Å². The van der Waals surface area contributed by atoms with E-state index in [0.29, 0.717) is 0 Å². The molecule has 6 N–H and O–H groups in total. The number of benzene rings is 4. The number of pyridine rings is 2. The molecule has 0 atom stereocenters. The molecular formula is C36H36Cl2N8OS2. The molecule has 0 aliphatic rings. The van der Waals surface area contributed by atoms with Gasteiger partial charge in [0.1, 0.15) is 0 Å². The molecule has 0 saturated heterocycles. The third-order valence-corrected chi connectivity index (χ3v) is 9.33. The summed E-state index contributed by atoms with van der Waals surface area (Å²) in [6.45, 7) is 4.03. The fraction of sp³-hybridized carbons (Fsp3) is 0.111. The van der Waals surface area contributed by atoms with Crippen molar-refractivity contribution in [2.75, 3.05) is 23.1 Å². The number of aromatic nitrogens is 6. The smallest absolute Gasteiger partial charge is 0.0932 e. The van der Waals surface area contributed by atoms with Crippen LogP contribution in [0.15, 0.2) is 107 Å². The number of halogens is 2. The molecule has 0 fully saturated rings. The molecule has 0 saturated carbocycles. The average molecular weight is 732 g/mol. The number of thioether (sulfide) groups is 2. The summed E-state index contributed by atoms with van der Waals surface area (Å²) >= 11 is 3.46. The molecule has 0 spiro atoms. The normalized spacial score (nSPS) is 10.5. The number of hydrogen-bond donors (Lipinski definition) is 4. The van der Waals surface area contributed by atoms with Gasteiger partial charge in [0.05, 0.1) is 68.5 Å². The van der Waals surface area contributed by atoms with Crippen LogP contribution in [0.25, 0.3) is 43.9 Å². The molecule has 0 amide bonds. The van der Waals surface area contributed by atoms with Crippen molar-refractivity contribution in [1.29, 1.82) is 0 Å². The van der Waals surface area contributed by atoms with E-state index in [1.165, 1.54) is 9.79 Å². The molecule has 0 bridgehead atoms. The van der Waals surface area contributed by atoms with Gasteiger partial charge in [0.25, 0.3) is 0 Å². The molecule has 9 nitrogen and oxygen atoms in total. The fourth-order valence-corrected chi connectivity index (χ4v) is 6.83. The second kappa shape index (κ2) is 16.3. The van der Waals surface area contributed by atoms with Gasteiger partial charge in [0, 0.05) is 32.0 Å². The van der Waals surface area contributed by atoms with Crippen molar-refractivity contribution in [3.05, 3.63) is 109 Å². The Kier molecular flexibility index (Phi) is 12.4. The Hall–Kier alpha value is -4.52. The van der Waals surface area contributed by atoms with Crippen molar-refractivity contribution in [3.63, 3.8) is 0 Å². The number of nitrogens with one attached hydrogen (secondary N) is 4. The first-order chi connectivity index (χ1) is 22.5. The van der Waals surface area contributed by atoms with Gasteiger partial charge in [-0.1, -0.05) is 24.3 Å². The molecule has 4 aromatic carbocycles. The van der Waals surface area contributed by atoms with Gasteiger partial charge in [-0.15, -0.1) is 48.3 Å². The highest BCUT2D eigenvalue weighted by Crippen LogP contribution is 2.36. The lowest BCUT2D eigenvalue weighted by Crippen LogP contribution is -1.96. The SMILES string of the molecule is CSc1ccccc1Nc1cc(C)nc2ccc3nc[nH]c3c12.CSc1ccccc1Nc1cc(C)nc2ccc3nc[nH]c3c12.Cl.Cl.O. The van der Waals surface area contributed by atoms with Crippen molar-refractivity contribution in [1.82, 2.24) is 29.9 Å². The van der Waals surface area contributed by atoms with Crippen LogP contribution in [0.4, 0.5) is 22.7 Å². The summed E-state index contributed by atoms with van der Waals surface area (Å²) in [6.07, 6.45) is 7.63. The third kappa shape index (κ3) is 7.56. The van der Waals surface area contributed by atoms with Gasteiger partial charge in [0.15, 0.2) is 0 Å². The molecule has 0 aliphatic heterocycles. The van der Waals surface area contributed by atoms with Crippen molar-refractivity contribution < 1.29 is 5.48 Å². The van der Waals surface area contributed by atoms with Crippen LogP contribution in [0.1, 0.15) is 11.4 Å². The standard InChI is InChI=1S/2C18H16N4S.2ClH.H2O/c2*1-11-9-15(22-12-5-3-4-6-16(12)23-2)17-13(21-11)7-8-14-18(17)20-10-19-14;;;/h2*3-10H,1-2H3,(H,19,20)(H,21,22);2*1H;1H2. The van der Waals surface area contributed by atoms with E-state index < -0.39 is 0 Å². The Balaban J connectivity index is 0.000000208. The quantitative estimate of drug-likeness (QED) is 0.124. The van der Waals surface area contributed by atoms with Gasteiger partial charge in [-0.2, -0.15) is 0 Å². The highest BCUT2D eigenvalue weighted by molar-refractivity contribution is 7.99. The molecule has 252 valence electrons. The van der Waals surface area contributed by atoms with Crippen LogP contribution >= 0.6 is 48.3 Å². The fourth-order valence-electron chi connectivity index (χ4n) is 5.72. The van der Waals surface area contributed by atoms with Crippen molar-refractivity contribution in [3.8, 4) is 0 Å². The van der Waals surface area contributed by atoms with Gasteiger partial charge in [-0.05, 0) is 87.0 Å². The summed E-state index contributed by atoms with van der Waals surface area (Å²) in [5.74, 6) is 0. The number of H-pyrrole nitrogens is 2. The summed E-state index contributed by atoms with van der Waals surface area (Å²) in [7, 11) is 0. The summed E-state index contributed by atoms with van der Waals surface area (Å²) in [5, 5.41) is 9.30. The molecule has 0 radical (unpaired) electrons. The third-order valence-electron chi connectivity index (χ3n) is 7.74. The maximum absolute atomic E-state index is 4.66. The Morgan fingerprint density at radius 2 is 0.918 bits per heavy atom. The lowest BCUT2D eigenvalue weighted by Gasteiger charge is -2.14. The lowest BCUT2D eigenvalue weighted by molar-refractivity contribution is 0.824. The van der Waals surface area contributed by atoms with E-state index in [-0.39, 0.29) is 30.3 Å². The highest BCUT2D eigenvalue weighted by Gasteiger charge is 2.13. The first-order valence-corrected chi connectivity index (χ1v) is 17.2. The first kappa shape index (κ1) is 37.3. The Bertz CT molecular complexity index is 2200. The molecule has 8 rings (SSSR count). The summed E-state index contributed by atoms with van der Waals surface area (Å²) in [6, 6.07) is 28.9. The van der Waals surface area contributed by atoms with E-state index in [0.717, 1.165) is 78.0 Å². The van der Waals surface area contributed by atoms with Gasteiger partial charge in [-0.25, -0.2) is 9.97 Å². The van der Waals surface area contributed by atoms with E-state index in [1.807, 2.05) is 50.2 Å². The van der Waals surface area contributed by atoms with Crippen LogP contribution in [0.5, 0.6) is 0 Å². The number of aromatic amines is 2. The van der Waals surface area contributed by atoms with Crippen LogP contribution in [0, 0.1) is 13.8 Å². The zero-order valence-corrected chi connectivity index (χ0v) is 30.4. The highest BCUT2D eigenvalue weighted by atomic mass is 35.5. The van der Waals surface area contributed by atoms with Gasteiger partial charge in [-0.3, -0.25) is 9.97 Å². The first-order valence-electron chi connectivity index (χ1n) is 14.8. The summed E-state index contributed by atoms with van der Waals surface area (Å²) in [4.78, 5) is 26.9. The van der Waals surface area contributed by atoms with Crippen LogP contribution in [-0.4, -0.2) is 47.9 Å². The minimum atomic E-state index is 0. The summed E-state index contributed by atoms with van der Waals surface area (Å²) < 4.78 is 0. The van der Waals surface area contributed by atoms with Crippen molar-refractivity contribution in [2.24, 2.45) is 0 Å². The van der Waals surface area contributed by atoms with Crippen molar-refractivity contribution in [2.45, 2.75) is 23.6 Å². The van der Waals surface area contributed by atoms with E-state index in [1.54, 1.807) is 36.2 Å². The van der Waals surface area contributed by atoms with Crippen LogP contribution < -0.4 is 10.6 Å². The maximum Gasteiger partial charge on any atom is 0.0932 e. The van der Waals surface area contributed by atoms with Crippen LogP contribution in [0.2, 0.25) is 0 Å². The maximum atomic E-state index is 4.66. The molecule has 49 heavy (non-hydrogen) atoms. The second-order valence-corrected chi connectivity index (χ2v) is 12.5. The topological polar surface area (TPSA) is 139 Å². The lowest BCUT2D eigenvalue weighted by atomic mass is 10.1. The van der Waals surface area contributed by atoms with Crippen LogP contribution in [-0.2, 0) is 0 Å². The predicted octanol–water partition coefficient (Wildman–Crippen LogP) is 9.79. The molecule has 13 heteroatoms. The summed E-state index contributed by atoms with van der Waals surface area (Å²) in [5.41, 5.74) is 12.1. The second-order valence-electron chi connectivity index (χ2n) is 10.8. The Morgan fingerprint density at radius 3 is 1.33 bits per heavy atom. The molecule has 0 aliphatic carbocycles. The van der Waals surface area contributed by atoms with E-state index >= 15 is 0 Å². The Labute approximate surface area is 304 Å². The van der Waals surface area contributed by atoms with Gasteiger partial charge < -0.3 is 26.1 Å². The largest absolute Gasteiger partial charge is 0.412 e. The molecular weight excluding hydrogens is 695 g/mol. The van der Waals surface area contributed by atoms with Gasteiger partial charge in [0.2, 0.25) is 0 Å². The number of hydrogen-bond acceptors (Lipinski definition) is 8. The predicted molar refractivity (Wildman–Crippen MR) is 213 cm³/mol. The van der Waals surface area contributed by atoms with Gasteiger partial charge >= 0.3 is 0 Å². The number of nitrogens with zero attached hydrogens (tertiary/aromatic N) is 4. The average Bonchev–Trinajstić information content (AvgIpc) is 3.75. The van der Waals surface area contributed by atoms with Crippen molar-refractivity contribution >= 4 is 115 Å². The zero-order valence-electron chi connectivity index (χ0n) is 27.2. The number of anilines is 4. The number of rotatable bonds is 6. The number of para-hydroxylation sites is 2. The van der Waals surface area contributed by atoms with E-state index in [2.05, 4.69) is 102 Å². The van der Waals surface area contributed by atoms with E-state index in [9.17, 15) is 0 Å². The number of aryl methyl sites for hydroxylation is 2. The van der Waals surface area contributed by atoms with E-state index in [4.69, 9.17) is 0 Å². The Morgan fingerprint density at radius 1 is 0.531 bits per heavy atom. The molecule has 4 heterocycles. The number of fused-ring (bicyclic) bond motifs is 6. The zero-order chi connectivity index (χ0) is 31.6. The number of imidazole rings is 2.